The minimum Gasteiger partial charge on any atom is -0.506 e. The van der Waals surface area contributed by atoms with Crippen LogP contribution in [0.5, 0.6) is 5.75 Å². The number of thiocarbonyl (C=S) groups is 1. The molecule has 2 aromatic rings. The topological polar surface area (TPSA) is 87.4 Å². The van der Waals surface area contributed by atoms with Crippen LogP contribution in [0.2, 0.25) is 0 Å². The second kappa shape index (κ2) is 5.98. The van der Waals surface area contributed by atoms with Gasteiger partial charge in [-0.3, -0.25) is 10.1 Å². The van der Waals surface area contributed by atoms with Crippen molar-refractivity contribution in [2.75, 3.05) is 10.6 Å². The van der Waals surface area contributed by atoms with Gasteiger partial charge in [0, 0.05) is 17.8 Å². The van der Waals surface area contributed by atoms with Gasteiger partial charge < -0.3 is 15.7 Å². The zero-order valence-electron chi connectivity index (χ0n) is 10.2. The van der Waals surface area contributed by atoms with Crippen molar-refractivity contribution in [2.24, 2.45) is 0 Å². The molecule has 0 aliphatic carbocycles. The molecular formula is C13H11N3O3S. The van der Waals surface area contributed by atoms with Crippen LogP contribution >= 0.6 is 12.2 Å². The minimum absolute atomic E-state index is 0.0274. The molecule has 0 atom stereocenters. The number of phenols is 1. The highest BCUT2D eigenvalue weighted by Crippen LogP contribution is 2.22. The van der Waals surface area contributed by atoms with E-state index < -0.39 is 4.92 Å². The van der Waals surface area contributed by atoms with Gasteiger partial charge in [0.05, 0.1) is 10.6 Å². The zero-order chi connectivity index (χ0) is 14.5. The molecule has 0 aliphatic rings. The summed E-state index contributed by atoms with van der Waals surface area (Å²) in [5, 5.41) is 26.1. The van der Waals surface area contributed by atoms with Crippen molar-refractivity contribution in [3.05, 3.63) is 58.6 Å². The summed E-state index contributed by atoms with van der Waals surface area (Å²) >= 11 is 5.08. The molecule has 6 nitrogen and oxygen atoms in total. The van der Waals surface area contributed by atoms with Crippen molar-refractivity contribution >= 4 is 34.4 Å². The standard InChI is InChI=1S/C13H11N3O3S/c17-12-7-2-1-6-11(12)15-13(20)14-9-4-3-5-10(8-9)16(18)19/h1-8,17H,(H2,14,15,20). The fraction of sp³-hybridized carbons (Fsp3) is 0. The van der Waals surface area contributed by atoms with Crippen LogP contribution in [-0.4, -0.2) is 15.1 Å². The first-order valence-corrected chi connectivity index (χ1v) is 6.07. The van der Waals surface area contributed by atoms with Crippen molar-refractivity contribution in [3.63, 3.8) is 0 Å². The summed E-state index contributed by atoms with van der Waals surface area (Å²) < 4.78 is 0. The lowest BCUT2D eigenvalue weighted by atomic mass is 10.3. The van der Waals surface area contributed by atoms with Gasteiger partial charge in [-0.2, -0.15) is 0 Å². The number of nitro groups is 1. The van der Waals surface area contributed by atoms with E-state index in [9.17, 15) is 15.2 Å². The molecule has 2 aromatic carbocycles. The Morgan fingerprint density at radius 3 is 2.60 bits per heavy atom. The normalized spacial score (nSPS) is 9.80. The maximum atomic E-state index is 10.7. The quantitative estimate of drug-likeness (QED) is 0.348. The third kappa shape index (κ3) is 3.42. The average molecular weight is 289 g/mol. The molecule has 3 N–H and O–H groups in total. The van der Waals surface area contributed by atoms with E-state index in [-0.39, 0.29) is 16.5 Å². The number of benzene rings is 2. The summed E-state index contributed by atoms with van der Waals surface area (Å²) in [7, 11) is 0. The molecule has 0 aromatic heterocycles. The number of non-ortho nitro benzene ring substituents is 1. The highest BCUT2D eigenvalue weighted by Gasteiger charge is 2.07. The maximum absolute atomic E-state index is 10.7. The third-order valence-electron chi connectivity index (χ3n) is 2.47. The number of hydrogen-bond donors (Lipinski definition) is 3. The first-order chi connectivity index (χ1) is 9.56. The molecule has 20 heavy (non-hydrogen) atoms. The monoisotopic (exact) mass is 289 g/mol. The van der Waals surface area contributed by atoms with E-state index in [0.717, 1.165) is 0 Å². The number of para-hydroxylation sites is 2. The highest BCUT2D eigenvalue weighted by atomic mass is 32.1. The first kappa shape index (κ1) is 13.8. The molecule has 0 aliphatic heterocycles. The smallest absolute Gasteiger partial charge is 0.271 e. The van der Waals surface area contributed by atoms with Gasteiger partial charge in [0.2, 0.25) is 0 Å². The Hall–Kier alpha value is -2.67. The molecule has 0 unspecified atom stereocenters. The summed E-state index contributed by atoms with van der Waals surface area (Å²) in [6.45, 7) is 0. The number of hydrogen-bond acceptors (Lipinski definition) is 4. The van der Waals surface area contributed by atoms with Crippen LogP contribution in [-0.2, 0) is 0 Å². The van der Waals surface area contributed by atoms with E-state index in [4.69, 9.17) is 12.2 Å². The summed E-state index contributed by atoms with van der Waals surface area (Å²) in [6.07, 6.45) is 0. The molecule has 0 radical (unpaired) electrons. The van der Waals surface area contributed by atoms with Crippen LogP contribution in [0.4, 0.5) is 17.1 Å². The van der Waals surface area contributed by atoms with Crippen LogP contribution in [0.25, 0.3) is 0 Å². The van der Waals surface area contributed by atoms with Gasteiger partial charge in [-0.25, -0.2) is 0 Å². The van der Waals surface area contributed by atoms with Gasteiger partial charge in [-0.1, -0.05) is 18.2 Å². The lowest BCUT2D eigenvalue weighted by Gasteiger charge is -2.11. The first-order valence-electron chi connectivity index (χ1n) is 5.67. The van der Waals surface area contributed by atoms with Gasteiger partial charge >= 0.3 is 0 Å². The fourth-order valence-electron chi connectivity index (χ4n) is 1.56. The molecule has 2 rings (SSSR count). The highest BCUT2D eigenvalue weighted by molar-refractivity contribution is 7.80. The van der Waals surface area contributed by atoms with E-state index >= 15 is 0 Å². The lowest BCUT2D eigenvalue weighted by molar-refractivity contribution is -0.384. The number of anilines is 2. The Balaban J connectivity index is 2.07. The zero-order valence-corrected chi connectivity index (χ0v) is 11.1. The van der Waals surface area contributed by atoms with Gasteiger partial charge in [0.1, 0.15) is 5.75 Å². The number of nitrogens with one attached hydrogen (secondary N) is 2. The maximum Gasteiger partial charge on any atom is 0.271 e. The molecular weight excluding hydrogens is 278 g/mol. The van der Waals surface area contributed by atoms with E-state index in [1.165, 1.54) is 18.2 Å². The molecule has 0 fully saturated rings. The molecule has 102 valence electrons. The molecule has 0 saturated heterocycles. The van der Waals surface area contributed by atoms with Crippen molar-refractivity contribution in [1.29, 1.82) is 0 Å². The summed E-state index contributed by atoms with van der Waals surface area (Å²) in [5.74, 6) is 0.0655. The lowest BCUT2D eigenvalue weighted by Crippen LogP contribution is -2.19. The molecule has 7 heteroatoms. The molecule has 0 bridgehead atoms. The number of aromatic hydroxyl groups is 1. The Bertz CT molecular complexity index is 661. The van der Waals surface area contributed by atoms with Crippen LogP contribution in [0.1, 0.15) is 0 Å². The van der Waals surface area contributed by atoms with Crippen LogP contribution in [0.3, 0.4) is 0 Å². The number of nitro benzene ring substituents is 1. The van der Waals surface area contributed by atoms with E-state index in [0.29, 0.717) is 11.4 Å². The largest absolute Gasteiger partial charge is 0.506 e. The van der Waals surface area contributed by atoms with Gasteiger partial charge in [0.15, 0.2) is 5.11 Å². The Morgan fingerprint density at radius 2 is 1.90 bits per heavy atom. The van der Waals surface area contributed by atoms with Crippen molar-refractivity contribution in [2.45, 2.75) is 0 Å². The van der Waals surface area contributed by atoms with Gasteiger partial charge in [-0.05, 0) is 30.4 Å². The molecule has 0 amide bonds. The average Bonchev–Trinajstić information content (AvgIpc) is 2.41. The summed E-state index contributed by atoms with van der Waals surface area (Å²) in [6, 6.07) is 12.6. The van der Waals surface area contributed by atoms with Gasteiger partial charge in [0.25, 0.3) is 5.69 Å². The number of nitrogens with zero attached hydrogens (tertiary/aromatic N) is 1. The van der Waals surface area contributed by atoms with Crippen LogP contribution in [0, 0.1) is 10.1 Å². The van der Waals surface area contributed by atoms with Crippen LogP contribution in [0.15, 0.2) is 48.5 Å². The van der Waals surface area contributed by atoms with Crippen molar-refractivity contribution in [1.82, 2.24) is 0 Å². The van der Waals surface area contributed by atoms with Crippen molar-refractivity contribution in [3.8, 4) is 5.75 Å². The molecule has 0 heterocycles. The van der Waals surface area contributed by atoms with E-state index in [1.807, 2.05) is 0 Å². The van der Waals surface area contributed by atoms with Crippen LogP contribution < -0.4 is 10.6 Å². The number of phenolic OH excluding ortho intramolecular Hbond substituents is 1. The molecule has 0 saturated carbocycles. The Kier molecular flexibility index (Phi) is 4.11. The predicted molar refractivity (Wildman–Crippen MR) is 81.0 cm³/mol. The molecule has 0 spiro atoms. The summed E-state index contributed by atoms with van der Waals surface area (Å²) in [5.41, 5.74) is 0.919. The SMILES string of the molecule is O=[N+]([O-])c1cccc(NC(=S)Nc2ccccc2O)c1. The third-order valence-corrected chi connectivity index (χ3v) is 2.67. The Morgan fingerprint density at radius 1 is 1.15 bits per heavy atom. The van der Waals surface area contributed by atoms with E-state index in [2.05, 4.69) is 10.6 Å². The predicted octanol–water partition coefficient (Wildman–Crippen LogP) is 3.11. The van der Waals surface area contributed by atoms with E-state index in [1.54, 1.807) is 30.3 Å². The Labute approximate surface area is 120 Å². The second-order valence-electron chi connectivity index (χ2n) is 3.90. The minimum atomic E-state index is -0.481. The fourth-order valence-corrected chi connectivity index (χ4v) is 1.79. The van der Waals surface area contributed by atoms with Gasteiger partial charge in [-0.15, -0.1) is 0 Å². The number of rotatable bonds is 3. The van der Waals surface area contributed by atoms with Crippen molar-refractivity contribution < 1.29 is 10.0 Å². The summed E-state index contributed by atoms with van der Waals surface area (Å²) in [4.78, 5) is 10.2. The second-order valence-corrected chi connectivity index (χ2v) is 4.31.